The van der Waals surface area contributed by atoms with Gasteiger partial charge in [0.15, 0.2) is 17.5 Å². The number of anilines is 3. The van der Waals surface area contributed by atoms with Crippen molar-refractivity contribution >= 4 is 27.8 Å². The molecule has 194 valence electrons. The summed E-state index contributed by atoms with van der Waals surface area (Å²) in [5, 5.41) is 2.33. The van der Waals surface area contributed by atoms with Crippen LogP contribution in [0.4, 0.5) is 17.1 Å². The summed E-state index contributed by atoms with van der Waals surface area (Å²) in [4.78, 5) is 17.3. The van der Waals surface area contributed by atoms with Gasteiger partial charge in [-0.05, 0) is 53.2 Å². The molecule has 0 fully saturated rings. The highest BCUT2D eigenvalue weighted by Gasteiger charge is 2.20. The predicted octanol–water partition coefficient (Wildman–Crippen LogP) is 9.50. The Morgan fingerprint density at radius 2 is 0.878 bits per heavy atom. The van der Waals surface area contributed by atoms with Crippen LogP contribution in [0, 0.1) is 0 Å². The van der Waals surface area contributed by atoms with Gasteiger partial charge in [0, 0.05) is 28.1 Å². The van der Waals surface area contributed by atoms with E-state index in [-0.39, 0.29) is 0 Å². The molecule has 0 bridgehead atoms. The molecule has 0 aliphatic carbocycles. The predicted molar refractivity (Wildman–Crippen MR) is 168 cm³/mol. The van der Waals surface area contributed by atoms with Crippen LogP contribution in [-0.2, 0) is 0 Å². The Hall–Kier alpha value is -5.61. The second-order valence-corrected chi connectivity index (χ2v) is 9.76. The normalized spacial score (nSPS) is 10.9. The topological polar surface area (TPSA) is 41.9 Å². The zero-order valence-electron chi connectivity index (χ0n) is 22.3. The molecule has 1 heterocycles. The van der Waals surface area contributed by atoms with Crippen LogP contribution in [0.3, 0.4) is 0 Å². The van der Waals surface area contributed by atoms with E-state index in [1.54, 1.807) is 0 Å². The lowest BCUT2D eigenvalue weighted by atomic mass is 10.1. The lowest BCUT2D eigenvalue weighted by Gasteiger charge is -2.27. The SMILES string of the molecule is c1ccc(-c2nc(-c3ccc4ccccc4c3)nc(-c3ccccc3N(c3ccccc3)c3ccccc3)n2)cc1. The zero-order chi connectivity index (χ0) is 27.4. The molecule has 0 saturated heterocycles. The van der Waals surface area contributed by atoms with Gasteiger partial charge in [-0.25, -0.2) is 15.0 Å². The first kappa shape index (κ1) is 24.4. The summed E-state index contributed by atoms with van der Waals surface area (Å²) < 4.78 is 0. The monoisotopic (exact) mass is 526 g/mol. The molecule has 0 radical (unpaired) electrons. The van der Waals surface area contributed by atoms with Gasteiger partial charge in [0.2, 0.25) is 0 Å². The van der Waals surface area contributed by atoms with Gasteiger partial charge in [0.25, 0.3) is 0 Å². The number of aromatic nitrogens is 3. The van der Waals surface area contributed by atoms with Gasteiger partial charge in [0.05, 0.1) is 5.69 Å². The minimum Gasteiger partial charge on any atom is -0.310 e. The number of hydrogen-bond acceptors (Lipinski definition) is 4. The maximum atomic E-state index is 5.09. The molecule has 0 spiro atoms. The van der Waals surface area contributed by atoms with E-state index in [2.05, 4.69) is 114 Å². The van der Waals surface area contributed by atoms with Gasteiger partial charge in [-0.3, -0.25) is 0 Å². The largest absolute Gasteiger partial charge is 0.310 e. The van der Waals surface area contributed by atoms with Gasteiger partial charge in [0.1, 0.15) is 0 Å². The second-order valence-electron chi connectivity index (χ2n) is 9.76. The average Bonchev–Trinajstić information content (AvgIpc) is 3.06. The van der Waals surface area contributed by atoms with Crippen LogP contribution in [0.25, 0.3) is 44.9 Å². The highest BCUT2D eigenvalue weighted by Crippen LogP contribution is 2.40. The lowest BCUT2D eigenvalue weighted by Crippen LogP contribution is -2.12. The number of hydrogen-bond donors (Lipinski definition) is 0. The van der Waals surface area contributed by atoms with Crippen molar-refractivity contribution in [2.75, 3.05) is 4.90 Å². The summed E-state index contributed by atoms with van der Waals surface area (Å²) in [6, 6.07) is 53.9. The molecule has 0 amide bonds. The van der Waals surface area contributed by atoms with E-state index in [0.29, 0.717) is 17.5 Å². The molecule has 6 aromatic carbocycles. The van der Waals surface area contributed by atoms with Crippen LogP contribution in [0.2, 0.25) is 0 Å². The standard InChI is InChI=1S/C37H26N4/c1-4-15-28(16-5-1)35-38-36(30-25-24-27-14-10-11-17-29(27)26-30)40-37(39-35)33-22-12-13-23-34(33)41(31-18-6-2-7-19-31)32-20-8-3-9-21-32/h1-26H. The van der Waals surface area contributed by atoms with Crippen LogP contribution in [0.15, 0.2) is 158 Å². The quantitative estimate of drug-likeness (QED) is 0.216. The highest BCUT2D eigenvalue weighted by molar-refractivity contribution is 5.88. The molecule has 41 heavy (non-hydrogen) atoms. The Kier molecular flexibility index (Phi) is 6.48. The summed E-state index contributed by atoms with van der Waals surface area (Å²) in [6.07, 6.45) is 0. The van der Waals surface area contributed by atoms with Crippen molar-refractivity contribution < 1.29 is 0 Å². The van der Waals surface area contributed by atoms with Gasteiger partial charge in [-0.15, -0.1) is 0 Å². The Bertz CT molecular complexity index is 1900. The Labute approximate surface area is 239 Å². The number of rotatable bonds is 6. The minimum atomic E-state index is 0.620. The Morgan fingerprint density at radius 1 is 0.366 bits per heavy atom. The molecular formula is C37H26N4. The Balaban J connectivity index is 1.45. The summed E-state index contributed by atoms with van der Waals surface area (Å²) in [5.74, 6) is 1.90. The van der Waals surface area contributed by atoms with Crippen molar-refractivity contribution in [3.63, 3.8) is 0 Å². The summed E-state index contributed by atoms with van der Waals surface area (Å²) in [5.41, 5.74) is 5.90. The van der Waals surface area contributed by atoms with Crippen LogP contribution in [0.1, 0.15) is 0 Å². The molecule has 0 aliphatic rings. The van der Waals surface area contributed by atoms with Gasteiger partial charge in [-0.2, -0.15) is 0 Å². The van der Waals surface area contributed by atoms with Gasteiger partial charge < -0.3 is 4.90 Å². The molecule has 7 rings (SSSR count). The highest BCUT2D eigenvalue weighted by atomic mass is 15.1. The van der Waals surface area contributed by atoms with Crippen molar-refractivity contribution in [1.82, 2.24) is 15.0 Å². The van der Waals surface area contributed by atoms with Crippen LogP contribution in [0.5, 0.6) is 0 Å². The molecule has 0 unspecified atom stereocenters. The van der Waals surface area contributed by atoms with Crippen LogP contribution >= 0.6 is 0 Å². The van der Waals surface area contributed by atoms with Crippen molar-refractivity contribution in [1.29, 1.82) is 0 Å². The molecule has 4 nitrogen and oxygen atoms in total. The average molecular weight is 527 g/mol. The van der Waals surface area contributed by atoms with Crippen LogP contribution in [-0.4, -0.2) is 15.0 Å². The summed E-state index contributed by atoms with van der Waals surface area (Å²) >= 11 is 0. The van der Waals surface area contributed by atoms with Crippen molar-refractivity contribution in [2.24, 2.45) is 0 Å². The van der Waals surface area contributed by atoms with E-state index in [1.165, 1.54) is 5.39 Å². The molecule has 0 atom stereocenters. The van der Waals surface area contributed by atoms with Gasteiger partial charge in [-0.1, -0.05) is 115 Å². The minimum absolute atomic E-state index is 0.620. The first-order valence-corrected chi connectivity index (χ1v) is 13.6. The molecule has 1 aromatic heterocycles. The molecule has 0 aliphatic heterocycles. The number of fused-ring (bicyclic) bond motifs is 1. The van der Waals surface area contributed by atoms with E-state index in [4.69, 9.17) is 15.0 Å². The summed E-state index contributed by atoms with van der Waals surface area (Å²) in [6.45, 7) is 0. The number of benzene rings is 6. The van der Waals surface area contributed by atoms with E-state index >= 15 is 0 Å². The van der Waals surface area contributed by atoms with Crippen molar-refractivity contribution in [2.45, 2.75) is 0 Å². The maximum absolute atomic E-state index is 5.09. The van der Waals surface area contributed by atoms with E-state index in [9.17, 15) is 0 Å². The molecule has 0 N–H and O–H groups in total. The summed E-state index contributed by atoms with van der Waals surface area (Å²) in [7, 11) is 0. The maximum Gasteiger partial charge on any atom is 0.166 e. The second kappa shape index (κ2) is 10.9. The molecular weight excluding hydrogens is 500 g/mol. The molecule has 7 aromatic rings. The first-order chi connectivity index (χ1) is 20.3. The fourth-order valence-corrected chi connectivity index (χ4v) is 5.11. The molecule has 0 saturated carbocycles. The fraction of sp³-hybridized carbons (Fsp3) is 0. The third kappa shape index (κ3) is 4.95. The van der Waals surface area contributed by atoms with E-state index < -0.39 is 0 Å². The first-order valence-electron chi connectivity index (χ1n) is 13.6. The lowest BCUT2D eigenvalue weighted by molar-refractivity contribution is 1.07. The third-order valence-electron chi connectivity index (χ3n) is 7.09. The van der Waals surface area contributed by atoms with Crippen molar-refractivity contribution in [3.05, 3.63) is 158 Å². The Morgan fingerprint density at radius 3 is 1.56 bits per heavy atom. The fourth-order valence-electron chi connectivity index (χ4n) is 5.11. The number of nitrogens with zero attached hydrogens (tertiary/aromatic N) is 4. The zero-order valence-corrected chi connectivity index (χ0v) is 22.3. The van der Waals surface area contributed by atoms with E-state index in [1.807, 2.05) is 48.5 Å². The van der Waals surface area contributed by atoms with E-state index in [0.717, 1.165) is 39.1 Å². The smallest absolute Gasteiger partial charge is 0.166 e. The van der Waals surface area contributed by atoms with Crippen molar-refractivity contribution in [3.8, 4) is 34.2 Å². The molecule has 4 heteroatoms. The van der Waals surface area contributed by atoms with Gasteiger partial charge >= 0.3 is 0 Å². The third-order valence-corrected chi connectivity index (χ3v) is 7.09. The van der Waals surface area contributed by atoms with Crippen LogP contribution < -0.4 is 4.90 Å². The number of para-hydroxylation sites is 3.